The molecule has 0 heterocycles. The fraction of sp³-hybridized carbons (Fsp3) is 1.00. The van der Waals surface area contributed by atoms with Gasteiger partial charge in [-0.15, -0.1) is 0 Å². The highest BCUT2D eigenvalue weighted by atomic mass is 14.1. The van der Waals surface area contributed by atoms with Crippen molar-refractivity contribution >= 4 is 0 Å². The van der Waals surface area contributed by atoms with Gasteiger partial charge < -0.3 is 0 Å². The highest BCUT2D eigenvalue weighted by Crippen LogP contribution is 2.21. The molecule has 17 heavy (non-hydrogen) atoms. The molecule has 0 rings (SSSR count). The van der Waals surface area contributed by atoms with Crippen LogP contribution in [0.3, 0.4) is 0 Å². The summed E-state index contributed by atoms with van der Waals surface area (Å²) in [5.74, 6) is 3.63. The highest BCUT2D eigenvalue weighted by Gasteiger charge is 2.07. The fourth-order valence-electron chi connectivity index (χ4n) is 2.34. The van der Waals surface area contributed by atoms with Crippen molar-refractivity contribution in [3.05, 3.63) is 0 Å². The standard InChI is InChI=1S/C17H36/c1-14(2)10-12-16(5)8-7-9-17(6)13-11-15(3)4/h14-17H,7-13H2,1-6H3. The first-order valence-electron chi connectivity index (χ1n) is 7.91. The molecule has 0 N–H and O–H groups in total. The van der Waals surface area contributed by atoms with E-state index in [2.05, 4.69) is 41.5 Å². The van der Waals surface area contributed by atoms with E-state index >= 15 is 0 Å². The van der Waals surface area contributed by atoms with Crippen molar-refractivity contribution in [3.8, 4) is 0 Å². The second kappa shape index (κ2) is 9.97. The Morgan fingerprint density at radius 2 is 0.824 bits per heavy atom. The predicted octanol–water partition coefficient (Wildman–Crippen LogP) is 6.30. The van der Waals surface area contributed by atoms with Crippen molar-refractivity contribution in [3.63, 3.8) is 0 Å². The maximum atomic E-state index is 2.43. The van der Waals surface area contributed by atoms with E-state index in [1.54, 1.807) is 0 Å². The van der Waals surface area contributed by atoms with Crippen molar-refractivity contribution in [2.45, 2.75) is 86.5 Å². The van der Waals surface area contributed by atoms with Gasteiger partial charge in [-0.1, -0.05) is 86.5 Å². The molecular weight excluding hydrogens is 204 g/mol. The van der Waals surface area contributed by atoms with Crippen LogP contribution in [0.1, 0.15) is 86.5 Å². The topological polar surface area (TPSA) is 0 Å². The molecule has 0 aliphatic rings. The summed E-state index contributed by atoms with van der Waals surface area (Å²) in [6.07, 6.45) is 10.0. The quantitative estimate of drug-likeness (QED) is 0.420. The molecule has 2 unspecified atom stereocenters. The number of hydrogen-bond donors (Lipinski definition) is 0. The summed E-state index contributed by atoms with van der Waals surface area (Å²) >= 11 is 0. The van der Waals surface area contributed by atoms with Crippen LogP contribution in [0.15, 0.2) is 0 Å². The third kappa shape index (κ3) is 12.2. The Bertz CT molecular complexity index is 139. The van der Waals surface area contributed by atoms with Gasteiger partial charge in [0.1, 0.15) is 0 Å². The van der Waals surface area contributed by atoms with Gasteiger partial charge in [-0.3, -0.25) is 0 Å². The Labute approximate surface area is 111 Å². The molecule has 0 fully saturated rings. The summed E-state index contributed by atoms with van der Waals surface area (Å²) in [4.78, 5) is 0. The Hall–Kier alpha value is 0. The fourth-order valence-corrected chi connectivity index (χ4v) is 2.34. The first kappa shape index (κ1) is 17.0. The van der Waals surface area contributed by atoms with Crippen LogP contribution in [0.5, 0.6) is 0 Å². The summed E-state index contributed by atoms with van der Waals surface area (Å²) in [6, 6.07) is 0. The van der Waals surface area contributed by atoms with Gasteiger partial charge in [0.15, 0.2) is 0 Å². The highest BCUT2D eigenvalue weighted by molar-refractivity contribution is 4.60. The summed E-state index contributed by atoms with van der Waals surface area (Å²) in [7, 11) is 0. The Morgan fingerprint density at radius 3 is 1.12 bits per heavy atom. The summed E-state index contributed by atoms with van der Waals surface area (Å²) in [5, 5.41) is 0. The smallest absolute Gasteiger partial charge is 0.0443 e. The van der Waals surface area contributed by atoms with Gasteiger partial charge in [0, 0.05) is 0 Å². The molecule has 0 nitrogen and oxygen atoms in total. The second-order valence-electron chi connectivity index (χ2n) is 7.08. The molecule has 0 saturated heterocycles. The average Bonchev–Trinajstić information content (AvgIpc) is 2.23. The second-order valence-corrected chi connectivity index (χ2v) is 7.08. The van der Waals surface area contributed by atoms with E-state index in [9.17, 15) is 0 Å². The molecule has 0 radical (unpaired) electrons. The van der Waals surface area contributed by atoms with Crippen molar-refractivity contribution in [1.82, 2.24) is 0 Å². The van der Waals surface area contributed by atoms with E-state index in [0.29, 0.717) is 0 Å². The van der Waals surface area contributed by atoms with Gasteiger partial charge in [-0.2, -0.15) is 0 Å². The molecule has 104 valence electrons. The zero-order chi connectivity index (χ0) is 13.3. The van der Waals surface area contributed by atoms with Gasteiger partial charge in [0.05, 0.1) is 0 Å². The van der Waals surface area contributed by atoms with E-state index < -0.39 is 0 Å². The first-order chi connectivity index (χ1) is 7.91. The van der Waals surface area contributed by atoms with Gasteiger partial charge in [-0.05, 0) is 23.7 Å². The van der Waals surface area contributed by atoms with Gasteiger partial charge in [-0.25, -0.2) is 0 Å². The Morgan fingerprint density at radius 1 is 0.471 bits per heavy atom. The normalized spacial score (nSPS) is 15.5. The number of rotatable bonds is 10. The third-order valence-corrected chi connectivity index (χ3v) is 3.87. The minimum atomic E-state index is 0.877. The maximum Gasteiger partial charge on any atom is -0.0443 e. The van der Waals surface area contributed by atoms with Crippen LogP contribution in [0.25, 0.3) is 0 Å². The minimum Gasteiger partial charge on any atom is -0.0628 e. The average molecular weight is 240 g/mol. The molecule has 0 bridgehead atoms. The lowest BCUT2D eigenvalue weighted by molar-refractivity contribution is 0.373. The molecule has 2 atom stereocenters. The van der Waals surface area contributed by atoms with Gasteiger partial charge in [0.2, 0.25) is 0 Å². The Balaban J connectivity index is 3.42. The van der Waals surface area contributed by atoms with Crippen LogP contribution in [0.2, 0.25) is 0 Å². The SMILES string of the molecule is CC(C)CCC(C)CCCC(C)CCC(C)C. The first-order valence-corrected chi connectivity index (χ1v) is 7.91. The zero-order valence-electron chi connectivity index (χ0n) is 13.3. The molecule has 0 aliphatic carbocycles. The molecule has 0 heteroatoms. The Kier molecular flexibility index (Phi) is 9.97. The number of hydrogen-bond acceptors (Lipinski definition) is 0. The van der Waals surface area contributed by atoms with E-state index in [-0.39, 0.29) is 0 Å². The van der Waals surface area contributed by atoms with Gasteiger partial charge in [0.25, 0.3) is 0 Å². The van der Waals surface area contributed by atoms with E-state index in [0.717, 1.165) is 23.7 Å². The molecule has 0 saturated carbocycles. The van der Waals surface area contributed by atoms with Crippen LogP contribution in [-0.4, -0.2) is 0 Å². The van der Waals surface area contributed by atoms with Crippen molar-refractivity contribution in [2.75, 3.05) is 0 Å². The van der Waals surface area contributed by atoms with E-state index in [1.807, 2.05) is 0 Å². The summed E-state index contributed by atoms with van der Waals surface area (Å²) in [6.45, 7) is 14.2. The monoisotopic (exact) mass is 240 g/mol. The van der Waals surface area contributed by atoms with Crippen LogP contribution >= 0.6 is 0 Å². The third-order valence-electron chi connectivity index (χ3n) is 3.87. The zero-order valence-corrected chi connectivity index (χ0v) is 13.3. The lowest BCUT2D eigenvalue weighted by atomic mass is 9.91. The van der Waals surface area contributed by atoms with Gasteiger partial charge >= 0.3 is 0 Å². The molecule has 0 aliphatic heterocycles. The molecule has 0 amide bonds. The van der Waals surface area contributed by atoms with Crippen LogP contribution in [0, 0.1) is 23.7 Å². The lowest BCUT2D eigenvalue weighted by Gasteiger charge is -2.16. The van der Waals surface area contributed by atoms with E-state index in [4.69, 9.17) is 0 Å². The predicted molar refractivity (Wildman–Crippen MR) is 80.3 cm³/mol. The molecule has 0 aromatic heterocycles. The van der Waals surface area contributed by atoms with Crippen LogP contribution < -0.4 is 0 Å². The summed E-state index contributed by atoms with van der Waals surface area (Å²) < 4.78 is 0. The molecule has 0 aromatic rings. The maximum absolute atomic E-state index is 2.43. The van der Waals surface area contributed by atoms with Crippen molar-refractivity contribution in [2.24, 2.45) is 23.7 Å². The molecule has 0 spiro atoms. The van der Waals surface area contributed by atoms with Crippen LogP contribution in [0.4, 0.5) is 0 Å². The largest absolute Gasteiger partial charge is 0.0628 e. The molecule has 0 aromatic carbocycles. The van der Waals surface area contributed by atoms with Crippen LogP contribution in [-0.2, 0) is 0 Å². The minimum absolute atomic E-state index is 0.877. The van der Waals surface area contributed by atoms with Crippen molar-refractivity contribution < 1.29 is 0 Å². The summed E-state index contributed by atoms with van der Waals surface area (Å²) in [5.41, 5.74) is 0. The molecular formula is C17H36. The lowest BCUT2D eigenvalue weighted by Crippen LogP contribution is -2.01. The van der Waals surface area contributed by atoms with Crippen molar-refractivity contribution in [1.29, 1.82) is 0 Å². The van der Waals surface area contributed by atoms with E-state index in [1.165, 1.54) is 44.9 Å².